The van der Waals surface area contributed by atoms with Crippen LogP contribution in [0.4, 0.5) is 10.7 Å². The molecule has 1 aromatic heterocycles. The lowest BCUT2D eigenvalue weighted by Crippen LogP contribution is -2.42. The first-order valence-corrected chi connectivity index (χ1v) is 9.15. The van der Waals surface area contributed by atoms with Gasteiger partial charge in [-0.25, -0.2) is 14.8 Å². The Kier molecular flexibility index (Phi) is 4.62. The summed E-state index contributed by atoms with van der Waals surface area (Å²) in [6.45, 7) is 1.56. The number of benzene rings is 2. The van der Waals surface area contributed by atoms with Crippen LogP contribution >= 0.6 is 0 Å². The zero-order valence-electron chi connectivity index (χ0n) is 15.6. The Hall–Kier alpha value is -3.15. The highest BCUT2D eigenvalue weighted by Gasteiger charge is 2.26. The van der Waals surface area contributed by atoms with Crippen LogP contribution in [0.1, 0.15) is 6.42 Å². The molecule has 2 aromatic carbocycles. The van der Waals surface area contributed by atoms with Crippen molar-refractivity contribution in [2.75, 3.05) is 32.1 Å². The van der Waals surface area contributed by atoms with Gasteiger partial charge in [0.15, 0.2) is 0 Å². The summed E-state index contributed by atoms with van der Waals surface area (Å²) in [5.74, 6) is 0.710. The van der Waals surface area contributed by atoms with E-state index < -0.39 is 0 Å². The van der Waals surface area contributed by atoms with Gasteiger partial charge < -0.3 is 15.1 Å². The number of aromatic nitrogens is 2. The highest BCUT2D eigenvalue weighted by Crippen LogP contribution is 2.25. The number of carbonyl (C=O) groups is 1. The second-order valence-corrected chi connectivity index (χ2v) is 7.08. The van der Waals surface area contributed by atoms with Crippen LogP contribution in [0.5, 0.6) is 0 Å². The van der Waals surface area contributed by atoms with Gasteiger partial charge in [-0.2, -0.15) is 0 Å². The van der Waals surface area contributed by atoms with Crippen LogP contribution in [0.15, 0.2) is 54.7 Å². The standard InChI is InChI=1S/C21H23N5O/c1-25(2)21(27)23-18-10-12-26(14-18)20-22-11-9-19(24-20)17-8-7-15-5-3-4-6-16(15)13-17/h3-9,11,13,18H,10,12,14H2,1-2H3,(H,23,27)/t18-/m1/s1. The zero-order valence-corrected chi connectivity index (χ0v) is 15.6. The number of rotatable bonds is 3. The molecule has 1 aliphatic rings. The fourth-order valence-electron chi connectivity index (χ4n) is 3.37. The number of amides is 2. The van der Waals surface area contributed by atoms with Crippen LogP contribution in [-0.4, -0.2) is 54.1 Å². The minimum Gasteiger partial charge on any atom is -0.339 e. The molecule has 1 saturated heterocycles. The van der Waals surface area contributed by atoms with E-state index in [2.05, 4.69) is 45.5 Å². The number of urea groups is 1. The lowest BCUT2D eigenvalue weighted by Gasteiger charge is -2.19. The molecule has 0 spiro atoms. The SMILES string of the molecule is CN(C)C(=O)N[C@@H]1CCN(c2nccc(-c3ccc4ccccc4c3)n2)C1. The maximum Gasteiger partial charge on any atom is 0.317 e. The Morgan fingerprint density at radius 3 is 2.78 bits per heavy atom. The van der Waals surface area contributed by atoms with Gasteiger partial charge in [-0.15, -0.1) is 0 Å². The number of hydrogen-bond donors (Lipinski definition) is 1. The molecule has 2 heterocycles. The molecule has 4 rings (SSSR count). The van der Waals surface area contributed by atoms with E-state index in [0.29, 0.717) is 5.95 Å². The molecule has 1 atom stereocenters. The van der Waals surface area contributed by atoms with E-state index >= 15 is 0 Å². The first-order chi connectivity index (χ1) is 13.1. The molecule has 138 valence electrons. The maximum absolute atomic E-state index is 11.9. The van der Waals surface area contributed by atoms with Crippen molar-refractivity contribution in [1.29, 1.82) is 0 Å². The molecule has 0 saturated carbocycles. The smallest absolute Gasteiger partial charge is 0.317 e. The fraction of sp³-hybridized carbons (Fsp3) is 0.286. The highest BCUT2D eigenvalue weighted by molar-refractivity contribution is 5.86. The number of anilines is 1. The van der Waals surface area contributed by atoms with E-state index in [-0.39, 0.29) is 12.1 Å². The second kappa shape index (κ2) is 7.23. The number of carbonyl (C=O) groups excluding carboxylic acids is 1. The van der Waals surface area contributed by atoms with E-state index in [4.69, 9.17) is 4.98 Å². The van der Waals surface area contributed by atoms with E-state index in [1.165, 1.54) is 10.8 Å². The molecule has 1 N–H and O–H groups in total. The van der Waals surface area contributed by atoms with Crippen molar-refractivity contribution in [2.24, 2.45) is 0 Å². The normalized spacial score (nSPS) is 16.5. The van der Waals surface area contributed by atoms with Crippen LogP contribution in [-0.2, 0) is 0 Å². The highest BCUT2D eigenvalue weighted by atomic mass is 16.2. The lowest BCUT2D eigenvalue weighted by molar-refractivity contribution is 0.214. The molecule has 6 nitrogen and oxygen atoms in total. The Labute approximate surface area is 158 Å². The van der Waals surface area contributed by atoms with Crippen LogP contribution in [0.3, 0.4) is 0 Å². The van der Waals surface area contributed by atoms with Crippen LogP contribution in [0, 0.1) is 0 Å². The second-order valence-electron chi connectivity index (χ2n) is 7.08. The first kappa shape index (κ1) is 17.3. The summed E-state index contributed by atoms with van der Waals surface area (Å²) in [5, 5.41) is 5.45. The van der Waals surface area contributed by atoms with E-state index in [9.17, 15) is 4.79 Å². The van der Waals surface area contributed by atoms with Gasteiger partial charge in [0, 0.05) is 45.0 Å². The van der Waals surface area contributed by atoms with Crippen molar-refractivity contribution >= 4 is 22.8 Å². The fourth-order valence-corrected chi connectivity index (χ4v) is 3.37. The molecular formula is C21H23N5O. The molecule has 1 fully saturated rings. The minimum atomic E-state index is -0.0623. The molecule has 0 radical (unpaired) electrons. The number of fused-ring (bicyclic) bond motifs is 1. The average molecular weight is 361 g/mol. The Bertz CT molecular complexity index is 971. The predicted octanol–water partition coefficient (Wildman–Crippen LogP) is 3.15. The van der Waals surface area contributed by atoms with Crippen molar-refractivity contribution < 1.29 is 4.79 Å². The summed E-state index contributed by atoms with van der Waals surface area (Å²) >= 11 is 0. The topological polar surface area (TPSA) is 61.4 Å². The maximum atomic E-state index is 11.9. The van der Waals surface area contributed by atoms with Crippen molar-refractivity contribution in [3.8, 4) is 11.3 Å². The summed E-state index contributed by atoms with van der Waals surface area (Å²) in [7, 11) is 3.50. The van der Waals surface area contributed by atoms with E-state index in [1.54, 1.807) is 25.2 Å². The van der Waals surface area contributed by atoms with E-state index in [0.717, 1.165) is 30.8 Å². The van der Waals surface area contributed by atoms with Crippen molar-refractivity contribution in [3.05, 3.63) is 54.7 Å². The molecule has 0 unspecified atom stereocenters. The molecule has 27 heavy (non-hydrogen) atoms. The van der Waals surface area contributed by atoms with Crippen LogP contribution < -0.4 is 10.2 Å². The Morgan fingerprint density at radius 1 is 1.15 bits per heavy atom. The third-order valence-corrected chi connectivity index (χ3v) is 4.89. The van der Waals surface area contributed by atoms with Crippen molar-refractivity contribution in [1.82, 2.24) is 20.2 Å². The van der Waals surface area contributed by atoms with Gasteiger partial charge in [-0.3, -0.25) is 0 Å². The lowest BCUT2D eigenvalue weighted by atomic mass is 10.1. The van der Waals surface area contributed by atoms with Crippen molar-refractivity contribution in [2.45, 2.75) is 12.5 Å². The number of nitrogens with zero attached hydrogens (tertiary/aromatic N) is 4. The quantitative estimate of drug-likeness (QED) is 0.778. The third-order valence-electron chi connectivity index (χ3n) is 4.89. The summed E-state index contributed by atoms with van der Waals surface area (Å²) < 4.78 is 0. The number of nitrogens with one attached hydrogen (secondary N) is 1. The first-order valence-electron chi connectivity index (χ1n) is 9.15. The third kappa shape index (κ3) is 3.69. The Balaban J connectivity index is 1.53. The van der Waals surface area contributed by atoms with E-state index in [1.807, 2.05) is 18.2 Å². The predicted molar refractivity (Wildman–Crippen MR) is 108 cm³/mol. The largest absolute Gasteiger partial charge is 0.339 e. The van der Waals surface area contributed by atoms with Gasteiger partial charge >= 0.3 is 6.03 Å². The van der Waals surface area contributed by atoms with Crippen LogP contribution in [0.25, 0.3) is 22.0 Å². The molecule has 1 aliphatic heterocycles. The van der Waals surface area contributed by atoms with Gasteiger partial charge in [0.05, 0.1) is 5.69 Å². The average Bonchev–Trinajstić information content (AvgIpc) is 3.16. The molecule has 6 heteroatoms. The Morgan fingerprint density at radius 2 is 1.96 bits per heavy atom. The van der Waals surface area contributed by atoms with Gasteiger partial charge in [0.2, 0.25) is 5.95 Å². The summed E-state index contributed by atoms with van der Waals surface area (Å²) in [6, 6.07) is 16.7. The minimum absolute atomic E-state index is 0.0623. The molecule has 2 amide bonds. The molecule has 0 aliphatic carbocycles. The monoisotopic (exact) mass is 361 g/mol. The molecular weight excluding hydrogens is 338 g/mol. The van der Waals surface area contributed by atoms with Gasteiger partial charge in [-0.1, -0.05) is 36.4 Å². The molecule has 3 aromatic rings. The van der Waals surface area contributed by atoms with Gasteiger partial charge in [0.25, 0.3) is 0 Å². The number of hydrogen-bond acceptors (Lipinski definition) is 4. The van der Waals surface area contributed by atoms with Crippen LogP contribution in [0.2, 0.25) is 0 Å². The van der Waals surface area contributed by atoms with Gasteiger partial charge in [0.1, 0.15) is 0 Å². The molecule has 0 bridgehead atoms. The summed E-state index contributed by atoms with van der Waals surface area (Å²) in [4.78, 5) is 24.8. The summed E-state index contributed by atoms with van der Waals surface area (Å²) in [5.41, 5.74) is 1.99. The van der Waals surface area contributed by atoms with Crippen molar-refractivity contribution in [3.63, 3.8) is 0 Å². The zero-order chi connectivity index (χ0) is 18.8. The summed E-state index contributed by atoms with van der Waals surface area (Å²) in [6.07, 6.45) is 2.70. The van der Waals surface area contributed by atoms with Gasteiger partial charge in [-0.05, 0) is 29.3 Å².